The lowest BCUT2D eigenvalue weighted by atomic mass is 10.0. The highest BCUT2D eigenvalue weighted by atomic mass is 16.5. The summed E-state index contributed by atoms with van der Waals surface area (Å²) in [5.41, 5.74) is 2.81. The summed E-state index contributed by atoms with van der Waals surface area (Å²) in [7, 11) is 0. The van der Waals surface area contributed by atoms with E-state index in [9.17, 15) is 9.59 Å². The van der Waals surface area contributed by atoms with Gasteiger partial charge in [-0.3, -0.25) is 9.59 Å². The third kappa shape index (κ3) is 4.05. The van der Waals surface area contributed by atoms with Gasteiger partial charge in [0.15, 0.2) is 0 Å². The molecular formula is C24H26N2O4. The predicted molar refractivity (Wildman–Crippen MR) is 112 cm³/mol. The quantitative estimate of drug-likeness (QED) is 0.766. The van der Waals surface area contributed by atoms with Gasteiger partial charge in [-0.1, -0.05) is 24.3 Å². The van der Waals surface area contributed by atoms with Crippen LogP contribution in [0.4, 0.5) is 0 Å². The number of hydrogen-bond donors (Lipinski definition) is 0. The summed E-state index contributed by atoms with van der Waals surface area (Å²) < 4.78 is 11.2. The van der Waals surface area contributed by atoms with Crippen molar-refractivity contribution in [1.82, 2.24) is 9.80 Å². The summed E-state index contributed by atoms with van der Waals surface area (Å²) in [5.74, 6) is 0.972. The molecule has 0 aromatic heterocycles. The molecule has 156 valence electrons. The molecule has 1 unspecified atom stereocenters. The van der Waals surface area contributed by atoms with Gasteiger partial charge in [-0.2, -0.15) is 0 Å². The molecule has 0 N–H and O–H groups in total. The second-order valence-electron chi connectivity index (χ2n) is 8.19. The number of carbonyl (C=O) groups is 2. The first-order valence-corrected chi connectivity index (χ1v) is 10.7. The van der Waals surface area contributed by atoms with Crippen LogP contribution in [0.25, 0.3) is 11.1 Å². The van der Waals surface area contributed by atoms with Gasteiger partial charge in [-0.15, -0.1) is 0 Å². The predicted octanol–water partition coefficient (Wildman–Crippen LogP) is 2.97. The van der Waals surface area contributed by atoms with Crippen molar-refractivity contribution in [1.29, 1.82) is 0 Å². The summed E-state index contributed by atoms with van der Waals surface area (Å²) >= 11 is 0. The average Bonchev–Trinajstić information content (AvgIpc) is 3.56. The topological polar surface area (TPSA) is 59.1 Å². The van der Waals surface area contributed by atoms with E-state index in [1.807, 2.05) is 46.2 Å². The summed E-state index contributed by atoms with van der Waals surface area (Å²) in [6.07, 6.45) is 3.18. The lowest BCUT2D eigenvalue weighted by Gasteiger charge is -2.38. The third-order valence-electron chi connectivity index (χ3n) is 5.98. The number of nitrogens with zero attached hydrogens (tertiary/aromatic N) is 2. The Hall–Kier alpha value is -2.86. The van der Waals surface area contributed by atoms with Gasteiger partial charge in [0.05, 0.1) is 12.7 Å². The molecule has 1 atom stereocenters. The molecule has 2 aromatic rings. The smallest absolute Gasteiger partial charge is 0.253 e. The maximum absolute atomic E-state index is 12.9. The molecule has 30 heavy (non-hydrogen) atoms. The van der Waals surface area contributed by atoms with Gasteiger partial charge in [-0.05, 0) is 48.2 Å². The Labute approximate surface area is 176 Å². The number of benzene rings is 2. The highest BCUT2D eigenvalue weighted by Crippen LogP contribution is 2.30. The zero-order valence-corrected chi connectivity index (χ0v) is 17.0. The zero-order valence-electron chi connectivity index (χ0n) is 17.0. The first-order chi connectivity index (χ1) is 14.7. The maximum atomic E-state index is 12.9. The molecule has 2 saturated heterocycles. The van der Waals surface area contributed by atoms with Crippen molar-refractivity contribution >= 4 is 11.8 Å². The second-order valence-corrected chi connectivity index (χ2v) is 8.19. The summed E-state index contributed by atoms with van der Waals surface area (Å²) in [6.45, 7) is 2.91. The van der Waals surface area contributed by atoms with Crippen molar-refractivity contribution in [3.8, 4) is 16.9 Å². The van der Waals surface area contributed by atoms with Crippen LogP contribution in [0, 0.1) is 0 Å². The van der Waals surface area contributed by atoms with E-state index in [-0.39, 0.29) is 17.9 Å². The number of carbonyl (C=O) groups excluding carboxylic acids is 2. The van der Waals surface area contributed by atoms with E-state index in [1.165, 1.54) is 0 Å². The van der Waals surface area contributed by atoms with Crippen LogP contribution in [0.5, 0.6) is 5.75 Å². The van der Waals surface area contributed by atoms with Crippen LogP contribution in [0.15, 0.2) is 48.5 Å². The van der Waals surface area contributed by atoms with Gasteiger partial charge in [0.1, 0.15) is 11.9 Å². The van der Waals surface area contributed by atoms with Crippen LogP contribution in [-0.4, -0.2) is 66.6 Å². The first kappa shape index (κ1) is 19.1. The molecule has 2 aromatic carbocycles. The molecular weight excluding hydrogens is 380 g/mol. The van der Waals surface area contributed by atoms with Crippen molar-refractivity contribution in [2.75, 3.05) is 32.8 Å². The molecule has 2 aliphatic heterocycles. The molecule has 6 nitrogen and oxygen atoms in total. The van der Waals surface area contributed by atoms with Crippen molar-refractivity contribution in [3.05, 3.63) is 54.1 Å². The lowest BCUT2D eigenvalue weighted by Crippen LogP contribution is -2.54. The molecule has 6 heteroatoms. The Morgan fingerprint density at radius 2 is 1.57 bits per heavy atom. The molecule has 5 rings (SSSR count). The van der Waals surface area contributed by atoms with Gasteiger partial charge in [-0.25, -0.2) is 0 Å². The fourth-order valence-corrected chi connectivity index (χ4v) is 3.88. The standard InChI is InChI=1S/C24H26N2O4/c27-23(25-11-13-26(14-12-25)24(28)22-10-15-29-22)18-6-4-17(5-7-18)19-2-1-3-21(16-19)30-20-8-9-20/h1-7,16,20,22H,8-15H2. The minimum absolute atomic E-state index is 0.0133. The van der Waals surface area contributed by atoms with E-state index in [1.54, 1.807) is 0 Å². The van der Waals surface area contributed by atoms with Crippen LogP contribution >= 0.6 is 0 Å². The Morgan fingerprint density at radius 3 is 2.20 bits per heavy atom. The minimum Gasteiger partial charge on any atom is -0.490 e. The zero-order chi connectivity index (χ0) is 20.5. The summed E-state index contributed by atoms with van der Waals surface area (Å²) in [4.78, 5) is 28.8. The number of piperazine rings is 1. The molecule has 0 spiro atoms. The highest BCUT2D eigenvalue weighted by molar-refractivity contribution is 5.95. The van der Waals surface area contributed by atoms with Crippen LogP contribution in [0.3, 0.4) is 0 Å². The van der Waals surface area contributed by atoms with E-state index in [0.717, 1.165) is 36.1 Å². The van der Waals surface area contributed by atoms with Crippen molar-refractivity contribution in [2.24, 2.45) is 0 Å². The molecule has 2 heterocycles. The van der Waals surface area contributed by atoms with E-state index in [4.69, 9.17) is 9.47 Å². The van der Waals surface area contributed by atoms with Crippen molar-refractivity contribution in [2.45, 2.75) is 31.5 Å². The Bertz CT molecular complexity index is 926. The largest absolute Gasteiger partial charge is 0.490 e. The minimum atomic E-state index is -0.270. The monoisotopic (exact) mass is 406 g/mol. The maximum Gasteiger partial charge on any atom is 0.253 e. The normalized spacial score (nSPS) is 21.1. The van der Waals surface area contributed by atoms with Gasteiger partial charge in [0.2, 0.25) is 0 Å². The van der Waals surface area contributed by atoms with Gasteiger partial charge in [0, 0.05) is 38.2 Å². The van der Waals surface area contributed by atoms with E-state index >= 15 is 0 Å². The fraction of sp³-hybridized carbons (Fsp3) is 0.417. The van der Waals surface area contributed by atoms with Crippen LogP contribution in [0.1, 0.15) is 29.6 Å². The van der Waals surface area contributed by atoms with Crippen LogP contribution in [0.2, 0.25) is 0 Å². The Balaban J connectivity index is 1.20. The lowest BCUT2D eigenvalue weighted by molar-refractivity contribution is -0.157. The summed E-state index contributed by atoms with van der Waals surface area (Å²) in [5, 5.41) is 0. The van der Waals surface area contributed by atoms with E-state index in [2.05, 4.69) is 12.1 Å². The number of ether oxygens (including phenoxy) is 2. The number of rotatable bonds is 5. The summed E-state index contributed by atoms with van der Waals surface area (Å²) in [6, 6.07) is 15.8. The molecule has 2 amide bonds. The van der Waals surface area contributed by atoms with E-state index in [0.29, 0.717) is 44.5 Å². The molecule has 1 saturated carbocycles. The highest BCUT2D eigenvalue weighted by Gasteiger charge is 2.33. The molecule has 1 aliphatic carbocycles. The molecule has 0 radical (unpaired) electrons. The van der Waals surface area contributed by atoms with Gasteiger partial charge < -0.3 is 19.3 Å². The number of hydrogen-bond acceptors (Lipinski definition) is 4. The molecule has 3 aliphatic rings. The average molecular weight is 406 g/mol. The third-order valence-corrected chi connectivity index (χ3v) is 5.98. The van der Waals surface area contributed by atoms with Crippen LogP contribution in [-0.2, 0) is 9.53 Å². The van der Waals surface area contributed by atoms with Crippen molar-refractivity contribution < 1.29 is 19.1 Å². The van der Waals surface area contributed by atoms with Crippen LogP contribution < -0.4 is 4.74 Å². The Morgan fingerprint density at radius 1 is 0.867 bits per heavy atom. The van der Waals surface area contributed by atoms with E-state index < -0.39 is 0 Å². The van der Waals surface area contributed by atoms with Gasteiger partial charge >= 0.3 is 0 Å². The first-order valence-electron chi connectivity index (χ1n) is 10.7. The number of amides is 2. The fourth-order valence-electron chi connectivity index (χ4n) is 3.88. The second kappa shape index (κ2) is 8.11. The molecule has 0 bridgehead atoms. The van der Waals surface area contributed by atoms with Gasteiger partial charge in [0.25, 0.3) is 11.8 Å². The Kier molecular flexibility index (Phi) is 5.17. The molecule has 3 fully saturated rings. The van der Waals surface area contributed by atoms with Crippen molar-refractivity contribution in [3.63, 3.8) is 0 Å². The SMILES string of the molecule is O=C(c1ccc(-c2cccc(OC3CC3)c2)cc1)N1CCN(C(=O)C2CCO2)CC1.